The third-order valence-corrected chi connectivity index (χ3v) is 2.90. The highest BCUT2D eigenvalue weighted by molar-refractivity contribution is 5.66. The van der Waals surface area contributed by atoms with E-state index in [2.05, 4.69) is 0 Å². The maximum absolute atomic E-state index is 10.3. The number of ether oxygens (including phenoxy) is 3. The number of unbranched alkanes of at least 4 members (excludes halogenated alkanes) is 6. The molecular formula is C14H28O5. The van der Waals surface area contributed by atoms with Crippen LogP contribution in [0, 0.1) is 0 Å². The average Bonchev–Trinajstić information content (AvgIpc) is 2.39. The van der Waals surface area contributed by atoms with E-state index >= 15 is 0 Å². The molecule has 0 bridgehead atoms. The Balaban J connectivity index is 3.01. The second-order valence-electron chi connectivity index (χ2n) is 4.61. The first kappa shape index (κ1) is 18.4. The van der Waals surface area contributed by atoms with E-state index in [0.717, 1.165) is 38.7 Å². The molecule has 0 aliphatic rings. The Labute approximate surface area is 116 Å². The zero-order valence-electron chi connectivity index (χ0n) is 12.2. The Kier molecular flexibility index (Phi) is 13.3. The Bertz CT molecular complexity index is 208. The first-order valence-electron chi connectivity index (χ1n) is 7.10. The van der Waals surface area contributed by atoms with Crippen LogP contribution in [0.15, 0.2) is 0 Å². The summed E-state index contributed by atoms with van der Waals surface area (Å²) in [7, 11) is 1.60. The van der Waals surface area contributed by atoms with E-state index in [4.69, 9.17) is 19.3 Å². The van der Waals surface area contributed by atoms with E-state index in [1.807, 2.05) is 6.92 Å². The zero-order valence-corrected chi connectivity index (χ0v) is 12.2. The monoisotopic (exact) mass is 276 g/mol. The van der Waals surface area contributed by atoms with Crippen LogP contribution in [0.5, 0.6) is 0 Å². The Morgan fingerprint density at radius 2 is 1.63 bits per heavy atom. The van der Waals surface area contributed by atoms with E-state index in [1.54, 1.807) is 7.11 Å². The molecule has 0 fully saturated rings. The van der Waals surface area contributed by atoms with Gasteiger partial charge in [-0.15, -0.1) is 0 Å². The first-order valence-corrected chi connectivity index (χ1v) is 7.10. The molecule has 114 valence electrons. The summed E-state index contributed by atoms with van der Waals surface area (Å²) < 4.78 is 15.4. The van der Waals surface area contributed by atoms with Crippen LogP contribution < -0.4 is 0 Å². The van der Waals surface area contributed by atoms with E-state index in [9.17, 15) is 4.79 Å². The third kappa shape index (κ3) is 15.3. The number of carboxylic acid groups (broad SMARTS) is 1. The normalized spacial score (nSPS) is 12.5. The number of hydrogen-bond acceptors (Lipinski definition) is 4. The molecule has 0 spiro atoms. The van der Waals surface area contributed by atoms with Gasteiger partial charge in [0, 0.05) is 20.1 Å². The van der Waals surface area contributed by atoms with Crippen LogP contribution in [-0.4, -0.2) is 37.9 Å². The van der Waals surface area contributed by atoms with Crippen molar-refractivity contribution in [3.8, 4) is 0 Å². The number of hydrogen-bond donors (Lipinski definition) is 1. The summed E-state index contributed by atoms with van der Waals surface area (Å²) in [6, 6.07) is 0. The van der Waals surface area contributed by atoms with Crippen LogP contribution in [0.3, 0.4) is 0 Å². The van der Waals surface area contributed by atoms with Crippen molar-refractivity contribution in [2.24, 2.45) is 0 Å². The zero-order chi connectivity index (χ0) is 14.3. The van der Waals surface area contributed by atoms with Crippen LogP contribution >= 0.6 is 0 Å². The van der Waals surface area contributed by atoms with Crippen molar-refractivity contribution < 1.29 is 24.1 Å². The van der Waals surface area contributed by atoms with Gasteiger partial charge in [0.1, 0.15) is 6.79 Å². The van der Waals surface area contributed by atoms with Crippen molar-refractivity contribution in [2.45, 2.75) is 64.6 Å². The molecule has 0 amide bonds. The molecule has 0 aliphatic carbocycles. The standard InChI is InChI=1S/C14H28O5/c1-13(17-2)19-12-18-11-9-7-5-3-4-6-8-10-14(15)16/h13H,3-12H2,1-2H3,(H,15,16). The van der Waals surface area contributed by atoms with Gasteiger partial charge in [0.25, 0.3) is 0 Å². The SMILES string of the molecule is COC(C)OCOCCCCCCCCCC(=O)O. The molecule has 5 heteroatoms. The van der Waals surface area contributed by atoms with Crippen molar-refractivity contribution in [3.05, 3.63) is 0 Å². The molecule has 0 radical (unpaired) electrons. The molecule has 0 heterocycles. The summed E-state index contributed by atoms with van der Waals surface area (Å²) in [4.78, 5) is 10.3. The van der Waals surface area contributed by atoms with Gasteiger partial charge in [0.2, 0.25) is 0 Å². The van der Waals surface area contributed by atoms with E-state index < -0.39 is 5.97 Å². The summed E-state index contributed by atoms with van der Waals surface area (Å²) in [5.74, 6) is -0.692. The molecule has 1 N–H and O–H groups in total. The van der Waals surface area contributed by atoms with Crippen LogP contribution in [0.1, 0.15) is 58.3 Å². The highest BCUT2D eigenvalue weighted by Crippen LogP contribution is 2.08. The Morgan fingerprint density at radius 3 is 2.21 bits per heavy atom. The summed E-state index contributed by atoms with van der Waals surface area (Å²) in [6.07, 6.45) is 7.59. The van der Waals surface area contributed by atoms with Crippen molar-refractivity contribution in [3.63, 3.8) is 0 Å². The maximum Gasteiger partial charge on any atom is 0.303 e. The molecule has 0 aromatic heterocycles. The lowest BCUT2D eigenvalue weighted by Crippen LogP contribution is -2.13. The van der Waals surface area contributed by atoms with Crippen LogP contribution in [0.2, 0.25) is 0 Å². The van der Waals surface area contributed by atoms with Gasteiger partial charge in [-0.05, 0) is 19.8 Å². The van der Waals surface area contributed by atoms with Gasteiger partial charge < -0.3 is 19.3 Å². The average molecular weight is 276 g/mol. The van der Waals surface area contributed by atoms with Crippen molar-refractivity contribution in [1.82, 2.24) is 0 Å². The Morgan fingerprint density at radius 1 is 1.05 bits per heavy atom. The number of carbonyl (C=O) groups is 1. The second-order valence-corrected chi connectivity index (χ2v) is 4.61. The van der Waals surface area contributed by atoms with Gasteiger partial charge in [-0.1, -0.05) is 32.1 Å². The molecular weight excluding hydrogens is 248 g/mol. The maximum atomic E-state index is 10.3. The fourth-order valence-electron chi connectivity index (χ4n) is 1.64. The minimum atomic E-state index is -0.692. The summed E-state index contributed by atoms with van der Waals surface area (Å²) in [5.41, 5.74) is 0. The molecule has 1 atom stereocenters. The summed E-state index contributed by atoms with van der Waals surface area (Å²) >= 11 is 0. The topological polar surface area (TPSA) is 65.0 Å². The van der Waals surface area contributed by atoms with E-state index in [0.29, 0.717) is 6.42 Å². The van der Waals surface area contributed by atoms with E-state index in [1.165, 1.54) is 12.8 Å². The molecule has 0 saturated heterocycles. The fraction of sp³-hybridized carbons (Fsp3) is 0.929. The van der Waals surface area contributed by atoms with Gasteiger partial charge in [-0.3, -0.25) is 4.79 Å². The van der Waals surface area contributed by atoms with Crippen molar-refractivity contribution in [1.29, 1.82) is 0 Å². The molecule has 0 rings (SSSR count). The van der Waals surface area contributed by atoms with Crippen molar-refractivity contribution >= 4 is 5.97 Å². The van der Waals surface area contributed by atoms with Crippen molar-refractivity contribution in [2.75, 3.05) is 20.5 Å². The lowest BCUT2D eigenvalue weighted by Gasteiger charge is -2.10. The van der Waals surface area contributed by atoms with Crippen LogP contribution in [-0.2, 0) is 19.0 Å². The van der Waals surface area contributed by atoms with Gasteiger partial charge in [-0.2, -0.15) is 0 Å². The molecule has 1 unspecified atom stereocenters. The highest BCUT2D eigenvalue weighted by atomic mass is 16.7. The number of methoxy groups -OCH3 is 1. The molecule has 0 aliphatic heterocycles. The quantitative estimate of drug-likeness (QED) is 0.390. The number of carboxylic acids is 1. The van der Waals surface area contributed by atoms with Gasteiger partial charge >= 0.3 is 5.97 Å². The summed E-state index contributed by atoms with van der Waals surface area (Å²) in [5, 5.41) is 8.48. The van der Waals surface area contributed by atoms with Gasteiger partial charge in [0.15, 0.2) is 6.29 Å². The molecule has 0 saturated carbocycles. The Hall–Kier alpha value is -0.650. The molecule has 19 heavy (non-hydrogen) atoms. The predicted octanol–water partition coefficient (Wildman–Crippen LogP) is 3.17. The number of aliphatic carboxylic acids is 1. The summed E-state index contributed by atoms with van der Waals surface area (Å²) in [6.45, 7) is 2.83. The minimum absolute atomic E-state index is 0.217. The predicted molar refractivity (Wildman–Crippen MR) is 72.9 cm³/mol. The fourth-order valence-corrected chi connectivity index (χ4v) is 1.64. The largest absolute Gasteiger partial charge is 0.481 e. The lowest BCUT2D eigenvalue weighted by molar-refractivity contribution is -0.174. The minimum Gasteiger partial charge on any atom is -0.481 e. The third-order valence-electron chi connectivity index (χ3n) is 2.90. The van der Waals surface area contributed by atoms with Crippen LogP contribution in [0.4, 0.5) is 0 Å². The smallest absolute Gasteiger partial charge is 0.303 e. The van der Waals surface area contributed by atoms with Crippen LogP contribution in [0.25, 0.3) is 0 Å². The highest BCUT2D eigenvalue weighted by Gasteiger charge is 1.98. The lowest BCUT2D eigenvalue weighted by atomic mass is 10.1. The molecule has 5 nitrogen and oxygen atoms in total. The van der Waals surface area contributed by atoms with Gasteiger partial charge in [-0.25, -0.2) is 0 Å². The van der Waals surface area contributed by atoms with Gasteiger partial charge in [0.05, 0.1) is 0 Å². The van der Waals surface area contributed by atoms with E-state index in [-0.39, 0.29) is 13.1 Å². The second kappa shape index (κ2) is 13.8. The molecule has 0 aromatic carbocycles. The first-order chi connectivity index (χ1) is 9.16. The number of rotatable bonds is 14. The molecule has 0 aromatic rings.